The van der Waals surface area contributed by atoms with Crippen LogP contribution in [-0.2, 0) is 16.0 Å². The fraction of sp³-hybridized carbons (Fsp3) is 0.367. The fourth-order valence-electron chi connectivity index (χ4n) is 5.24. The Morgan fingerprint density at radius 2 is 1.54 bits per heavy atom. The first-order chi connectivity index (χ1) is 19.9. The zero-order chi connectivity index (χ0) is 28.6. The van der Waals surface area contributed by atoms with Crippen LogP contribution >= 0.6 is 11.6 Å². The number of nitrogens with zero attached hydrogens (tertiary/aromatic N) is 1. The summed E-state index contributed by atoms with van der Waals surface area (Å²) in [5, 5.41) is 42.0. The van der Waals surface area contributed by atoms with Crippen molar-refractivity contribution in [3.8, 4) is 28.3 Å². The Morgan fingerprint density at radius 1 is 0.902 bits per heavy atom. The van der Waals surface area contributed by atoms with E-state index in [0.29, 0.717) is 29.7 Å². The maximum absolute atomic E-state index is 9.96. The van der Waals surface area contributed by atoms with Crippen LogP contribution in [0.5, 0.6) is 6.01 Å². The van der Waals surface area contributed by atoms with Crippen LogP contribution in [0.2, 0.25) is 5.02 Å². The zero-order valence-electron chi connectivity index (χ0n) is 22.2. The van der Waals surface area contributed by atoms with Gasteiger partial charge in [0.05, 0.1) is 54.6 Å². The molecule has 41 heavy (non-hydrogen) atoms. The molecule has 2 fully saturated rings. The summed E-state index contributed by atoms with van der Waals surface area (Å²) in [5.41, 5.74) is 5.16. The Morgan fingerprint density at radius 3 is 2.22 bits per heavy atom. The third-order valence-electron chi connectivity index (χ3n) is 7.85. The molecule has 2 aliphatic heterocycles. The lowest BCUT2D eigenvalue weighted by Gasteiger charge is -2.28. The third-order valence-corrected chi connectivity index (χ3v) is 8.17. The number of hydrogen-bond donors (Lipinski definition) is 6. The molecule has 3 heterocycles. The van der Waals surface area contributed by atoms with E-state index >= 15 is 0 Å². The van der Waals surface area contributed by atoms with Gasteiger partial charge in [-0.25, -0.2) is 0 Å². The first-order valence-electron chi connectivity index (χ1n) is 13.5. The SMILES string of the molecule is OCC(CO)(CO)NCc1ccc(-c2ccc(-c3cc4nc(O[C@@H]5CO[C@H]6[C@@H]5OC[C@H]6O)[nH]c4cc3Cl)cc2)cc1. The number of halogens is 1. The number of rotatable bonds is 10. The number of imidazole rings is 1. The van der Waals surface area contributed by atoms with Crippen LogP contribution in [0.25, 0.3) is 33.3 Å². The summed E-state index contributed by atoms with van der Waals surface area (Å²) in [7, 11) is 0. The van der Waals surface area contributed by atoms with Gasteiger partial charge in [-0.05, 0) is 34.4 Å². The van der Waals surface area contributed by atoms with Crippen molar-refractivity contribution in [2.45, 2.75) is 36.5 Å². The van der Waals surface area contributed by atoms with Crippen molar-refractivity contribution in [2.75, 3.05) is 33.0 Å². The number of aromatic amines is 1. The van der Waals surface area contributed by atoms with Gasteiger partial charge in [-0.15, -0.1) is 0 Å². The summed E-state index contributed by atoms with van der Waals surface area (Å²) in [5.74, 6) is 0. The van der Waals surface area contributed by atoms with E-state index in [0.717, 1.165) is 33.3 Å². The van der Waals surface area contributed by atoms with E-state index in [2.05, 4.69) is 15.3 Å². The molecule has 4 aromatic rings. The number of fused-ring (bicyclic) bond motifs is 2. The Labute approximate surface area is 241 Å². The smallest absolute Gasteiger partial charge is 0.295 e. The molecular weight excluding hydrogens is 550 g/mol. The molecule has 216 valence electrons. The molecule has 0 amide bonds. The van der Waals surface area contributed by atoms with Gasteiger partial charge in [0.25, 0.3) is 6.01 Å². The number of benzene rings is 3. The van der Waals surface area contributed by atoms with E-state index in [1.165, 1.54) is 0 Å². The van der Waals surface area contributed by atoms with Crippen LogP contribution < -0.4 is 10.1 Å². The number of nitrogens with one attached hydrogen (secondary N) is 2. The lowest BCUT2D eigenvalue weighted by molar-refractivity contribution is 0.00706. The van der Waals surface area contributed by atoms with Gasteiger partial charge in [0, 0.05) is 12.1 Å². The molecular formula is C30H32ClN3O7. The van der Waals surface area contributed by atoms with Crippen molar-refractivity contribution in [1.29, 1.82) is 0 Å². The van der Waals surface area contributed by atoms with Crippen molar-refractivity contribution < 1.29 is 34.6 Å². The molecule has 0 bridgehead atoms. The highest BCUT2D eigenvalue weighted by molar-refractivity contribution is 6.34. The second-order valence-electron chi connectivity index (χ2n) is 10.6. The Bertz CT molecular complexity index is 1480. The zero-order valence-corrected chi connectivity index (χ0v) is 22.9. The van der Waals surface area contributed by atoms with E-state index < -0.39 is 11.6 Å². The van der Waals surface area contributed by atoms with Gasteiger partial charge in [-0.3, -0.25) is 0 Å². The first kappa shape index (κ1) is 28.1. The number of H-pyrrole nitrogens is 1. The minimum Gasteiger partial charge on any atom is -0.456 e. The molecule has 0 radical (unpaired) electrons. The van der Waals surface area contributed by atoms with Gasteiger partial charge in [-0.1, -0.05) is 60.1 Å². The molecule has 0 unspecified atom stereocenters. The van der Waals surface area contributed by atoms with Gasteiger partial charge in [0.15, 0.2) is 6.10 Å². The Kier molecular flexibility index (Phi) is 7.99. The van der Waals surface area contributed by atoms with E-state index in [-0.39, 0.29) is 44.7 Å². The van der Waals surface area contributed by atoms with Crippen LogP contribution in [0, 0.1) is 0 Å². The van der Waals surface area contributed by atoms with Gasteiger partial charge in [-0.2, -0.15) is 4.98 Å². The summed E-state index contributed by atoms with van der Waals surface area (Å²) < 4.78 is 17.3. The first-order valence-corrected chi connectivity index (χ1v) is 13.8. The number of hydrogen-bond acceptors (Lipinski definition) is 9. The molecule has 1 aromatic heterocycles. The number of aromatic nitrogens is 2. The molecule has 3 aromatic carbocycles. The van der Waals surface area contributed by atoms with Crippen LogP contribution in [0.1, 0.15) is 5.56 Å². The number of aliphatic hydroxyl groups is 4. The average Bonchev–Trinajstić information content (AvgIpc) is 3.70. The van der Waals surface area contributed by atoms with Crippen LogP contribution in [0.15, 0.2) is 60.7 Å². The largest absolute Gasteiger partial charge is 0.456 e. The van der Waals surface area contributed by atoms with E-state index in [4.69, 9.17) is 25.8 Å². The molecule has 0 saturated carbocycles. The van der Waals surface area contributed by atoms with Gasteiger partial charge >= 0.3 is 0 Å². The highest BCUT2D eigenvalue weighted by Crippen LogP contribution is 2.35. The molecule has 0 spiro atoms. The molecule has 0 aliphatic carbocycles. The van der Waals surface area contributed by atoms with E-state index in [1.807, 2.05) is 60.7 Å². The number of aliphatic hydroxyl groups excluding tert-OH is 4. The maximum Gasteiger partial charge on any atom is 0.295 e. The number of ether oxygens (including phenoxy) is 3. The quantitative estimate of drug-likeness (QED) is 0.166. The molecule has 10 nitrogen and oxygen atoms in total. The van der Waals surface area contributed by atoms with Crippen molar-refractivity contribution in [2.24, 2.45) is 0 Å². The van der Waals surface area contributed by atoms with E-state index in [1.54, 1.807) is 0 Å². The van der Waals surface area contributed by atoms with Gasteiger partial charge < -0.3 is 44.9 Å². The van der Waals surface area contributed by atoms with Crippen LogP contribution in [0.3, 0.4) is 0 Å². The normalized spacial score (nSPS) is 22.4. The summed E-state index contributed by atoms with van der Waals surface area (Å²) in [6.07, 6.45) is -1.70. The Hall–Kier alpha value is -3.06. The highest BCUT2D eigenvalue weighted by Gasteiger charge is 2.48. The van der Waals surface area contributed by atoms with Crippen molar-refractivity contribution in [3.63, 3.8) is 0 Å². The van der Waals surface area contributed by atoms with E-state index in [9.17, 15) is 20.4 Å². The predicted octanol–water partition coefficient (Wildman–Crippen LogP) is 2.26. The lowest BCUT2D eigenvalue weighted by atomic mass is 9.99. The van der Waals surface area contributed by atoms with Crippen molar-refractivity contribution in [3.05, 3.63) is 71.2 Å². The average molecular weight is 582 g/mol. The summed E-state index contributed by atoms with van der Waals surface area (Å²) in [6, 6.07) is 20.1. The third kappa shape index (κ3) is 5.57. The minimum absolute atomic E-state index is 0.235. The maximum atomic E-state index is 9.96. The van der Waals surface area contributed by atoms with Gasteiger partial charge in [0.2, 0.25) is 0 Å². The molecule has 6 N–H and O–H groups in total. The summed E-state index contributed by atoms with van der Waals surface area (Å²) in [4.78, 5) is 7.76. The topological polar surface area (TPSA) is 149 Å². The highest BCUT2D eigenvalue weighted by atomic mass is 35.5. The second kappa shape index (κ2) is 11.7. The molecule has 2 saturated heterocycles. The monoisotopic (exact) mass is 581 g/mol. The predicted molar refractivity (Wildman–Crippen MR) is 153 cm³/mol. The second-order valence-corrected chi connectivity index (χ2v) is 11.0. The van der Waals surface area contributed by atoms with Gasteiger partial charge in [0.1, 0.15) is 18.3 Å². The Balaban J connectivity index is 1.14. The molecule has 6 rings (SSSR count). The molecule has 2 aliphatic rings. The molecule has 11 heteroatoms. The van der Waals surface area contributed by atoms with Crippen molar-refractivity contribution in [1.82, 2.24) is 15.3 Å². The van der Waals surface area contributed by atoms with Crippen molar-refractivity contribution >= 4 is 22.6 Å². The standard InChI is InChI=1S/C30H32ClN3O7/c31-22-10-24-23(33-29(34-24)41-26-13-40-27-25(38)12-39-28(26)27)9-21(22)20-7-5-19(6-8-20)18-3-1-17(2-4-18)11-32-30(14-35,15-36)16-37/h1-10,25-28,32,35-38H,11-16H2,(H,33,34)/t25-,26-,27-,28-/m1/s1. The molecule has 4 atom stereocenters. The summed E-state index contributed by atoms with van der Waals surface area (Å²) >= 11 is 6.66. The fourth-order valence-corrected chi connectivity index (χ4v) is 5.51. The summed E-state index contributed by atoms with van der Waals surface area (Å²) in [6.45, 7) is -0.149. The lowest BCUT2D eigenvalue weighted by Crippen LogP contribution is -2.54. The minimum atomic E-state index is -1.12. The van der Waals surface area contributed by atoms with Crippen LogP contribution in [-0.4, -0.2) is 93.4 Å². The van der Waals surface area contributed by atoms with Crippen LogP contribution in [0.4, 0.5) is 0 Å².